The average Bonchev–Trinajstić information content (AvgIpc) is 2.59. The summed E-state index contributed by atoms with van der Waals surface area (Å²) in [6, 6.07) is 3.46. The van der Waals surface area contributed by atoms with Gasteiger partial charge in [0, 0.05) is 26.2 Å². The van der Waals surface area contributed by atoms with Crippen LogP contribution in [0.1, 0.15) is 17.3 Å². The highest BCUT2D eigenvalue weighted by Crippen LogP contribution is 2.40. The number of ether oxygens (including phenoxy) is 3. The molecule has 1 aliphatic heterocycles. The van der Waals surface area contributed by atoms with Crippen molar-refractivity contribution in [3.63, 3.8) is 0 Å². The number of methoxy groups -OCH3 is 3. The number of hydrogen-bond acceptors (Lipinski definition) is 5. The van der Waals surface area contributed by atoms with E-state index in [0.717, 1.165) is 32.7 Å². The van der Waals surface area contributed by atoms with Gasteiger partial charge in [-0.05, 0) is 18.7 Å². The van der Waals surface area contributed by atoms with Gasteiger partial charge in [0.15, 0.2) is 11.5 Å². The third-order valence-corrected chi connectivity index (χ3v) is 4.04. The lowest BCUT2D eigenvalue weighted by molar-refractivity contribution is 0.0639. The van der Waals surface area contributed by atoms with Crippen LogP contribution in [-0.4, -0.2) is 69.8 Å². The normalized spacial score (nSPS) is 15.5. The molecule has 122 valence electrons. The fraction of sp³-hybridized carbons (Fsp3) is 0.562. The molecule has 1 fully saturated rings. The van der Waals surface area contributed by atoms with E-state index in [-0.39, 0.29) is 5.91 Å². The summed E-state index contributed by atoms with van der Waals surface area (Å²) < 4.78 is 16.0. The third kappa shape index (κ3) is 3.11. The topological polar surface area (TPSA) is 51.2 Å². The molecule has 1 aliphatic rings. The summed E-state index contributed by atoms with van der Waals surface area (Å²) >= 11 is 0. The van der Waals surface area contributed by atoms with E-state index in [4.69, 9.17) is 14.2 Å². The lowest BCUT2D eigenvalue weighted by atomic mass is 10.1. The number of carbonyl (C=O) groups excluding carboxylic acids is 1. The lowest BCUT2D eigenvalue weighted by Gasteiger charge is -2.34. The number of piperazine rings is 1. The van der Waals surface area contributed by atoms with Gasteiger partial charge in [0.1, 0.15) is 0 Å². The first-order valence-corrected chi connectivity index (χ1v) is 7.46. The molecular formula is C16H24N2O4. The van der Waals surface area contributed by atoms with E-state index in [1.165, 1.54) is 14.2 Å². The highest BCUT2D eigenvalue weighted by Gasteiger charge is 2.26. The van der Waals surface area contributed by atoms with Gasteiger partial charge in [-0.15, -0.1) is 0 Å². The summed E-state index contributed by atoms with van der Waals surface area (Å²) in [5, 5.41) is 0. The zero-order valence-electron chi connectivity index (χ0n) is 13.7. The molecule has 1 aromatic rings. The molecule has 0 radical (unpaired) electrons. The van der Waals surface area contributed by atoms with E-state index >= 15 is 0 Å². The van der Waals surface area contributed by atoms with Crippen molar-refractivity contribution in [3.8, 4) is 17.2 Å². The fourth-order valence-corrected chi connectivity index (χ4v) is 2.71. The zero-order chi connectivity index (χ0) is 16.1. The minimum absolute atomic E-state index is 0.0337. The SMILES string of the molecule is CCN1CCN(C(=O)c2ccc(OC)c(OC)c2OC)CC1. The van der Waals surface area contributed by atoms with Crippen LogP contribution in [-0.2, 0) is 0 Å². The molecule has 22 heavy (non-hydrogen) atoms. The molecule has 0 unspecified atom stereocenters. The van der Waals surface area contributed by atoms with Crippen LogP contribution in [0.4, 0.5) is 0 Å². The van der Waals surface area contributed by atoms with Crippen molar-refractivity contribution >= 4 is 5.91 Å². The van der Waals surface area contributed by atoms with Crippen LogP contribution >= 0.6 is 0 Å². The van der Waals surface area contributed by atoms with Crippen molar-refractivity contribution < 1.29 is 19.0 Å². The second-order valence-corrected chi connectivity index (χ2v) is 5.11. The molecule has 2 rings (SSSR count). The van der Waals surface area contributed by atoms with Crippen molar-refractivity contribution in [1.82, 2.24) is 9.80 Å². The number of nitrogens with zero attached hydrogens (tertiary/aromatic N) is 2. The lowest BCUT2D eigenvalue weighted by Crippen LogP contribution is -2.48. The molecule has 1 aromatic carbocycles. The Bertz CT molecular complexity index is 525. The molecule has 1 saturated heterocycles. The number of hydrogen-bond donors (Lipinski definition) is 0. The van der Waals surface area contributed by atoms with Crippen molar-refractivity contribution in [2.45, 2.75) is 6.92 Å². The summed E-state index contributed by atoms with van der Waals surface area (Å²) in [7, 11) is 4.63. The minimum atomic E-state index is -0.0337. The minimum Gasteiger partial charge on any atom is -0.493 e. The summed E-state index contributed by atoms with van der Waals surface area (Å²) in [5.74, 6) is 1.38. The Morgan fingerprint density at radius 1 is 1.00 bits per heavy atom. The summed E-state index contributed by atoms with van der Waals surface area (Å²) in [6.07, 6.45) is 0. The van der Waals surface area contributed by atoms with E-state index in [1.807, 2.05) is 4.90 Å². The Hall–Kier alpha value is -1.95. The smallest absolute Gasteiger partial charge is 0.257 e. The Morgan fingerprint density at radius 3 is 2.14 bits per heavy atom. The van der Waals surface area contributed by atoms with Gasteiger partial charge in [0.2, 0.25) is 5.75 Å². The molecule has 0 N–H and O–H groups in total. The standard InChI is InChI=1S/C16H24N2O4/c1-5-17-8-10-18(11-9-17)16(19)12-6-7-13(20-2)15(22-4)14(12)21-3/h6-7H,5,8-11H2,1-4H3. The molecule has 6 heteroatoms. The third-order valence-electron chi connectivity index (χ3n) is 4.04. The molecule has 1 heterocycles. The van der Waals surface area contributed by atoms with Gasteiger partial charge in [-0.25, -0.2) is 0 Å². The van der Waals surface area contributed by atoms with Crippen molar-refractivity contribution in [3.05, 3.63) is 17.7 Å². The van der Waals surface area contributed by atoms with Crippen molar-refractivity contribution in [2.75, 3.05) is 54.1 Å². The first-order chi connectivity index (χ1) is 10.7. The molecule has 0 bridgehead atoms. The van der Waals surface area contributed by atoms with Gasteiger partial charge in [-0.1, -0.05) is 6.92 Å². The van der Waals surface area contributed by atoms with Gasteiger partial charge in [0.25, 0.3) is 5.91 Å². The van der Waals surface area contributed by atoms with Crippen LogP contribution < -0.4 is 14.2 Å². The van der Waals surface area contributed by atoms with Gasteiger partial charge < -0.3 is 24.0 Å². The maximum absolute atomic E-state index is 12.8. The average molecular weight is 308 g/mol. The molecule has 0 aromatic heterocycles. The predicted octanol–water partition coefficient (Wildman–Crippen LogP) is 1.49. The molecule has 6 nitrogen and oxygen atoms in total. The van der Waals surface area contributed by atoms with E-state index < -0.39 is 0 Å². The number of carbonyl (C=O) groups is 1. The summed E-state index contributed by atoms with van der Waals surface area (Å²) in [5.41, 5.74) is 0.505. The Balaban J connectivity index is 2.26. The van der Waals surface area contributed by atoms with E-state index in [9.17, 15) is 4.79 Å². The predicted molar refractivity (Wildman–Crippen MR) is 84.1 cm³/mol. The van der Waals surface area contributed by atoms with Gasteiger partial charge >= 0.3 is 0 Å². The van der Waals surface area contributed by atoms with Crippen LogP contribution in [0.5, 0.6) is 17.2 Å². The van der Waals surface area contributed by atoms with Crippen LogP contribution in [0.3, 0.4) is 0 Å². The largest absolute Gasteiger partial charge is 0.493 e. The van der Waals surface area contributed by atoms with Gasteiger partial charge in [-0.3, -0.25) is 4.79 Å². The molecular weight excluding hydrogens is 284 g/mol. The number of benzene rings is 1. The van der Waals surface area contributed by atoms with Gasteiger partial charge in [-0.2, -0.15) is 0 Å². The number of amides is 1. The van der Waals surface area contributed by atoms with Crippen LogP contribution in [0.2, 0.25) is 0 Å². The second kappa shape index (κ2) is 7.35. The maximum atomic E-state index is 12.8. The van der Waals surface area contributed by atoms with Crippen LogP contribution in [0, 0.1) is 0 Å². The molecule has 0 spiro atoms. The molecule has 0 aliphatic carbocycles. The van der Waals surface area contributed by atoms with E-state index in [1.54, 1.807) is 19.2 Å². The summed E-state index contributed by atoms with van der Waals surface area (Å²) in [6.45, 7) is 6.40. The number of rotatable bonds is 5. The van der Waals surface area contributed by atoms with E-state index in [2.05, 4.69) is 11.8 Å². The Kier molecular flexibility index (Phi) is 5.49. The quantitative estimate of drug-likeness (QED) is 0.825. The Labute approximate surface area is 131 Å². The van der Waals surface area contributed by atoms with Crippen LogP contribution in [0.15, 0.2) is 12.1 Å². The molecule has 0 atom stereocenters. The second-order valence-electron chi connectivity index (χ2n) is 5.11. The zero-order valence-corrected chi connectivity index (χ0v) is 13.7. The Morgan fingerprint density at radius 2 is 1.64 bits per heavy atom. The van der Waals surface area contributed by atoms with Gasteiger partial charge in [0.05, 0.1) is 26.9 Å². The van der Waals surface area contributed by atoms with Crippen molar-refractivity contribution in [2.24, 2.45) is 0 Å². The van der Waals surface area contributed by atoms with Crippen molar-refractivity contribution in [1.29, 1.82) is 0 Å². The monoisotopic (exact) mass is 308 g/mol. The fourth-order valence-electron chi connectivity index (χ4n) is 2.71. The highest BCUT2D eigenvalue weighted by atomic mass is 16.5. The van der Waals surface area contributed by atoms with E-state index in [0.29, 0.717) is 22.8 Å². The first kappa shape index (κ1) is 16.4. The maximum Gasteiger partial charge on any atom is 0.257 e. The molecule has 1 amide bonds. The first-order valence-electron chi connectivity index (χ1n) is 7.46. The molecule has 0 saturated carbocycles. The highest BCUT2D eigenvalue weighted by molar-refractivity contribution is 5.98. The summed E-state index contributed by atoms with van der Waals surface area (Å²) in [4.78, 5) is 17.0. The van der Waals surface area contributed by atoms with Crippen LogP contribution in [0.25, 0.3) is 0 Å². The number of likely N-dealkylation sites (N-methyl/N-ethyl adjacent to an activating group) is 1.